The highest BCUT2D eigenvalue weighted by Crippen LogP contribution is 2.35. The Morgan fingerprint density at radius 2 is 2.29 bits per heavy atom. The Morgan fingerprint density at radius 1 is 1.38 bits per heavy atom. The second-order valence-corrected chi connectivity index (χ2v) is 4.86. The fourth-order valence-corrected chi connectivity index (χ4v) is 2.67. The Morgan fingerprint density at radius 3 is 3.05 bits per heavy atom. The molecule has 1 unspecified atom stereocenters. The number of hydrogen-bond acceptors (Lipinski definition) is 4. The number of hydrogen-bond donors (Lipinski definition) is 1. The van der Waals surface area contributed by atoms with E-state index in [2.05, 4.69) is 11.1 Å². The van der Waals surface area contributed by atoms with Crippen LogP contribution in [-0.2, 0) is 15.9 Å². The lowest BCUT2D eigenvalue weighted by atomic mass is 9.90. The van der Waals surface area contributed by atoms with Gasteiger partial charge in [0.1, 0.15) is 12.7 Å². The van der Waals surface area contributed by atoms with Gasteiger partial charge in [-0.05, 0) is 29.2 Å². The normalized spacial score (nSPS) is 17.0. The lowest BCUT2D eigenvalue weighted by Gasteiger charge is -2.28. The molecular formula is C16H16N2O3. The van der Waals surface area contributed by atoms with Crippen LogP contribution in [0.2, 0.25) is 0 Å². The van der Waals surface area contributed by atoms with Gasteiger partial charge in [-0.3, -0.25) is 4.98 Å². The maximum atomic E-state index is 10.8. The molecule has 1 amide bonds. The van der Waals surface area contributed by atoms with Crippen molar-refractivity contribution in [1.82, 2.24) is 4.98 Å². The van der Waals surface area contributed by atoms with Gasteiger partial charge in [0.05, 0.1) is 6.61 Å². The fourth-order valence-electron chi connectivity index (χ4n) is 2.67. The van der Waals surface area contributed by atoms with Gasteiger partial charge in [0, 0.05) is 18.0 Å². The smallest absolute Gasteiger partial charge is 0.404 e. The summed E-state index contributed by atoms with van der Waals surface area (Å²) in [4.78, 5) is 15.0. The molecule has 5 heteroatoms. The zero-order valence-electron chi connectivity index (χ0n) is 11.5. The standard InChI is InChI=1S/C16H16N2O3/c17-16(19)21-10-14-15-11(6-8-20-14)3-1-5-13(15)12-4-2-7-18-9-12/h1-5,7,9,14H,6,8,10H2,(H2,17,19). The van der Waals surface area contributed by atoms with E-state index in [4.69, 9.17) is 15.2 Å². The molecule has 5 nitrogen and oxygen atoms in total. The van der Waals surface area contributed by atoms with E-state index in [9.17, 15) is 4.79 Å². The van der Waals surface area contributed by atoms with Crippen LogP contribution in [0, 0.1) is 0 Å². The second-order valence-electron chi connectivity index (χ2n) is 4.86. The van der Waals surface area contributed by atoms with E-state index in [-0.39, 0.29) is 12.7 Å². The van der Waals surface area contributed by atoms with Gasteiger partial charge in [0.15, 0.2) is 0 Å². The van der Waals surface area contributed by atoms with Crippen molar-refractivity contribution in [2.45, 2.75) is 12.5 Å². The van der Waals surface area contributed by atoms with Crippen LogP contribution in [0.15, 0.2) is 42.7 Å². The van der Waals surface area contributed by atoms with Gasteiger partial charge >= 0.3 is 6.09 Å². The van der Waals surface area contributed by atoms with Crippen LogP contribution in [0.1, 0.15) is 17.2 Å². The zero-order chi connectivity index (χ0) is 14.7. The molecule has 108 valence electrons. The SMILES string of the molecule is NC(=O)OCC1OCCc2cccc(-c3cccnc3)c21. The number of benzene rings is 1. The average molecular weight is 284 g/mol. The summed E-state index contributed by atoms with van der Waals surface area (Å²) in [5.74, 6) is 0. The molecular weight excluding hydrogens is 268 g/mol. The van der Waals surface area contributed by atoms with E-state index in [1.54, 1.807) is 6.20 Å². The summed E-state index contributed by atoms with van der Waals surface area (Å²) in [5.41, 5.74) is 9.39. The third-order valence-corrected chi connectivity index (χ3v) is 3.56. The molecule has 1 atom stereocenters. The largest absolute Gasteiger partial charge is 0.447 e. The first-order valence-electron chi connectivity index (χ1n) is 6.81. The number of nitrogens with two attached hydrogens (primary N) is 1. The van der Waals surface area contributed by atoms with E-state index in [0.29, 0.717) is 6.61 Å². The van der Waals surface area contributed by atoms with Crippen molar-refractivity contribution in [3.8, 4) is 11.1 Å². The zero-order valence-corrected chi connectivity index (χ0v) is 11.5. The second kappa shape index (κ2) is 5.93. The van der Waals surface area contributed by atoms with Crippen molar-refractivity contribution in [2.75, 3.05) is 13.2 Å². The summed E-state index contributed by atoms with van der Waals surface area (Å²) < 4.78 is 10.7. The highest BCUT2D eigenvalue weighted by atomic mass is 16.6. The molecule has 1 aromatic heterocycles. The number of pyridine rings is 1. The molecule has 2 aromatic rings. The molecule has 0 spiro atoms. The molecule has 0 aliphatic carbocycles. The van der Waals surface area contributed by atoms with Crippen molar-refractivity contribution in [3.63, 3.8) is 0 Å². The molecule has 21 heavy (non-hydrogen) atoms. The molecule has 0 bridgehead atoms. The maximum Gasteiger partial charge on any atom is 0.404 e. The van der Waals surface area contributed by atoms with Crippen LogP contribution in [0.25, 0.3) is 11.1 Å². The number of nitrogens with zero attached hydrogens (tertiary/aromatic N) is 1. The minimum atomic E-state index is -0.787. The van der Waals surface area contributed by atoms with Crippen molar-refractivity contribution < 1.29 is 14.3 Å². The number of carbonyl (C=O) groups excluding carboxylic acids is 1. The van der Waals surface area contributed by atoms with E-state index < -0.39 is 6.09 Å². The Labute approximate surface area is 122 Å². The fraction of sp³-hybridized carbons (Fsp3) is 0.250. The summed E-state index contributed by atoms with van der Waals surface area (Å²) in [6, 6.07) is 10.0. The van der Waals surface area contributed by atoms with Crippen molar-refractivity contribution in [2.24, 2.45) is 5.73 Å². The van der Waals surface area contributed by atoms with Gasteiger partial charge in [-0.15, -0.1) is 0 Å². The van der Waals surface area contributed by atoms with Gasteiger partial charge in [-0.2, -0.15) is 0 Å². The highest BCUT2D eigenvalue weighted by Gasteiger charge is 2.25. The summed E-state index contributed by atoms with van der Waals surface area (Å²) in [6.07, 6.45) is 3.32. The molecule has 0 radical (unpaired) electrons. The molecule has 3 rings (SSSR count). The molecule has 1 aliphatic heterocycles. The van der Waals surface area contributed by atoms with Crippen LogP contribution in [-0.4, -0.2) is 24.3 Å². The molecule has 2 N–H and O–H groups in total. The Balaban J connectivity index is 2.01. The minimum absolute atomic E-state index is 0.125. The lowest BCUT2D eigenvalue weighted by molar-refractivity contribution is -0.00184. The average Bonchev–Trinajstić information content (AvgIpc) is 2.53. The number of aromatic nitrogens is 1. The first kappa shape index (κ1) is 13.6. The van der Waals surface area contributed by atoms with Crippen LogP contribution in [0.3, 0.4) is 0 Å². The molecule has 2 heterocycles. The van der Waals surface area contributed by atoms with Gasteiger partial charge in [-0.1, -0.05) is 24.3 Å². The summed E-state index contributed by atoms with van der Waals surface area (Å²) >= 11 is 0. The minimum Gasteiger partial charge on any atom is -0.447 e. The molecule has 0 fully saturated rings. The van der Waals surface area contributed by atoms with Gasteiger partial charge in [0.2, 0.25) is 0 Å². The summed E-state index contributed by atoms with van der Waals surface area (Å²) in [5, 5.41) is 0. The van der Waals surface area contributed by atoms with Crippen molar-refractivity contribution in [3.05, 3.63) is 53.9 Å². The number of fused-ring (bicyclic) bond motifs is 1. The maximum absolute atomic E-state index is 10.8. The number of amides is 1. The Hall–Kier alpha value is -2.40. The molecule has 1 aliphatic rings. The van der Waals surface area contributed by atoms with Crippen LogP contribution in [0.4, 0.5) is 4.79 Å². The topological polar surface area (TPSA) is 74.4 Å². The lowest BCUT2D eigenvalue weighted by Crippen LogP contribution is -2.24. The summed E-state index contributed by atoms with van der Waals surface area (Å²) in [6.45, 7) is 0.732. The van der Waals surface area contributed by atoms with Crippen LogP contribution < -0.4 is 5.73 Å². The van der Waals surface area contributed by atoms with Gasteiger partial charge < -0.3 is 15.2 Å². The van der Waals surface area contributed by atoms with E-state index in [1.807, 2.05) is 30.5 Å². The Kier molecular flexibility index (Phi) is 3.83. The summed E-state index contributed by atoms with van der Waals surface area (Å²) in [7, 11) is 0. The predicted octanol–water partition coefficient (Wildman–Crippen LogP) is 2.46. The number of primary amides is 1. The third-order valence-electron chi connectivity index (χ3n) is 3.56. The quantitative estimate of drug-likeness (QED) is 0.939. The van der Waals surface area contributed by atoms with Gasteiger partial charge in [-0.25, -0.2) is 4.79 Å². The Bertz CT molecular complexity index is 643. The first-order chi connectivity index (χ1) is 10.3. The van der Waals surface area contributed by atoms with E-state index in [1.165, 1.54) is 5.56 Å². The highest BCUT2D eigenvalue weighted by molar-refractivity contribution is 5.69. The number of rotatable bonds is 3. The molecule has 0 saturated heterocycles. The van der Waals surface area contributed by atoms with Crippen LogP contribution >= 0.6 is 0 Å². The van der Waals surface area contributed by atoms with E-state index >= 15 is 0 Å². The predicted molar refractivity (Wildman–Crippen MR) is 77.6 cm³/mol. The molecule has 1 aromatic carbocycles. The third kappa shape index (κ3) is 2.87. The van der Waals surface area contributed by atoms with Gasteiger partial charge in [0.25, 0.3) is 0 Å². The molecule has 0 saturated carbocycles. The number of ether oxygens (including phenoxy) is 2. The van der Waals surface area contributed by atoms with Crippen molar-refractivity contribution in [1.29, 1.82) is 0 Å². The van der Waals surface area contributed by atoms with E-state index in [0.717, 1.165) is 23.1 Å². The van der Waals surface area contributed by atoms with Crippen LogP contribution in [0.5, 0.6) is 0 Å². The monoisotopic (exact) mass is 284 g/mol. The van der Waals surface area contributed by atoms with Crippen molar-refractivity contribution >= 4 is 6.09 Å². The first-order valence-corrected chi connectivity index (χ1v) is 6.81. The number of carbonyl (C=O) groups is 1.